The number of hydrogen-bond acceptors (Lipinski definition) is 4. The summed E-state index contributed by atoms with van der Waals surface area (Å²) >= 11 is 0. The molecular formula is C16H22N2O4. The number of hydrogen-bond donors (Lipinski definition) is 2. The van der Waals surface area contributed by atoms with Gasteiger partial charge in [0.15, 0.2) is 0 Å². The molecule has 22 heavy (non-hydrogen) atoms. The average Bonchev–Trinajstić information content (AvgIpc) is 2.53. The van der Waals surface area contributed by atoms with E-state index in [0.29, 0.717) is 19.5 Å². The Morgan fingerprint density at radius 3 is 2.68 bits per heavy atom. The van der Waals surface area contributed by atoms with Gasteiger partial charge in [-0.05, 0) is 18.5 Å². The van der Waals surface area contributed by atoms with Gasteiger partial charge in [0.1, 0.15) is 12.1 Å². The van der Waals surface area contributed by atoms with E-state index in [-0.39, 0.29) is 12.5 Å². The number of ether oxygens (including phenoxy) is 1. The highest BCUT2D eigenvalue weighted by atomic mass is 16.6. The molecule has 2 atom stereocenters. The maximum absolute atomic E-state index is 12.3. The summed E-state index contributed by atoms with van der Waals surface area (Å²) in [6.07, 6.45) is -0.250. The molecule has 0 spiro atoms. The second-order valence-corrected chi connectivity index (χ2v) is 5.68. The van der Waals surface area contributed by atoms with Gasteiger partial charge in [0.05, 0.1) is 0 Å². The third kappa shape index (κ3) is 3.06. The zero-order valence-corrected chi connectivity index (χ0v) is 12.9. The lowest BCUT2D eigenvalue weighted by Gasteiger charge is -2.44. The number of amides is 1. The van der Waals surface area contributed by atoms with Gasteiger partial charge in [-0.1, -0.05) is 37.3 Å². The first-order valence-corrected chi connectivity index (χ1v) is 7.37. The van der Waals surface area contributed by atoms with Crippen molar-refractivity contribution in [3.8, 4) is 0 Å². The Morgan fingerprint density at radius 2 is 2.09 bits per heavy atom. The average molecular weight is 306 g/mol. The number of likely N-dealkylation sites (N-methyl/N-ethyl adjacent to an activating group) is 1. The van der Waals surface area contributed by atoms with Crippen molar-refractivity contribution < 1.29 is 19.4 Å². The van der Waals surface area contributed by atoms with Crippen LogP contribution < -0.4 is 5.32 Å². The Bertz CT molecular complexity index is 534. The minimum atomic E-state index is -1.22. The summed E-state index contributed by atoms with van der Waals surface area (Å²) in [5.41, 5.74) is -0.356. The number of carboxylic acid groups (broad SMARTS) is 1. The van der Waals surface area contributed by atoms with Crippen LogP contribution >= 0.6 is 0 Å². The molecule has 1 heterocycles. The topological polar surface area (TPSA) is 78.9 Å². The van der Waals surface area contributed by atoms with Crippen molar-refractivity contribution in [1.82, 2.24) is 10.2 Å². The molecular weight excluding hydrogens is 284 g/mol. The zero-order chi connectivity index (χ0) is 16.2. The largest absolute Gasteiger partial charge is 0.479 e. The molecule has 0 aromatic heterocycles. The number of carboxylic acids is 1. The van der Waals surface area contributed by atoms with Crippen LogP contribution in [0.1, 0.15) is 18.9 Å². The molecule has 2 N–H and O–H groups in total. The maximum Gasteiger partial charge on any atom is 0.410 e. The van der Waals surface area contributed by atoms with E-state index in [2.05, 4.69) is 5.32 Å². The number of benzene rings is 1. The van der Waals surface area contributed by atoms with Gasteiger partial charge in [0.25, 0.3) is 0 Å². The van der Waals surface area contributed by atoms with Crippen LogP contribution in [0.15, 0.2) is 30.3 Å². The summed E-state index contributed by atoms with van der Waals surface area (Å²) < 4.78 is 5.27. The molecule has 1 aromatic carbocycles. The molecule has 6 heteroatoms. The van der Waals surface area contributed by atoms with Gasteiger partial charge in [0, 0.05) is 19.5 Å². The van der Waals surface area contributed by atoms with Crippen molar-refractivity contribution in [3.05, 3.63) is 35.9 Å². The molecule has 1 fully saturated rings. The molecule has 0 radical (unpaired) electrons. The van der Waals surface area contributed by atoms with Crippen LogP contribution in [-0.2, 0) is 16.1 Å². The normalized spacial score (nSPS) is 24.5. The summed E-state index contributed by atoms with van der Waals surface area (Å²) in [7, 11) is 1.50. The highest BCUT2D eigenvalue weighted by Crippen LogP contribution is 2.31. The van der Waals surface area contributed by atoms with E-state index >= 15 is 0 Å². The first-order valence-electron chi connectivity index (χ1n) is 7.37. The Kier molecular flexibility index (Phi) is 5.03. The fourth-order valence-corrected chi connectivity index (χ4v) is 2.95. The smallest absolute Gasteiger partial charge is 0.410 e. The quantitative estimate of drug-likeness (QED) is 0.885. The minimum absolute atomic E-state index is 0.131. The van der Waals surface area contributed by atoms with Gasteiger partial charge >= 0.3 is 12.1 Å². The predicted molar refractivity (Wildman–Crippen MR) is 81.4 cm³/mol. The highest BCUT2D eigenvalue weighted by Gasteiger charge is 2.51. The number of rotatable bonds is 4. The van der Waals surface area contributed by atoms with Crippen molar-refractivity contribution in [2.75, 3.05) is 20.1 Å². The summed E-state index contributed by atoms with van der Waals surface area (Å²) in [5, 5.41) is 12.8. The number of nitrogens with zero attached hydrogens (tertiary/aromatic N) is 1. The van der Waals surface area contributed by atoms with E-state index in [1.165, 1.54) is 11.9 Å². The molecule has 120 valence electrons. The van der Waals surface area contributed by atoms with Crippen molar-refractivity contribution in [2.45, 2.75) is 25.5 Å². The number of carbonyl (C=O) groups is 2. The molecule has 0 saturated carbocycles. The summed E-state index contributed by atoms with van der Waals surface area (Å²) in [5.74, 6) is -1.19. The van der Waals surface area contributed by atoms with E-state index in [4.69, 9.17) is 4.74 Å². The molecule has 1 amide bonds. The SMILES string of the molecule is CC1CNCCC1(C(=O)O)N(C)C(=O)OCc1ccccc1. The van der Waals surface area contributed by atoms with Gasteiger partial charge in [-0.2, -0.15) is 0 Å². The number of nitrogens with one attached hydrogen (secondary N) is 1. The Hall–Kier alpha value is -2.08. The minimum Gasteiger partial charge on any atom is -0.479 e. The third-order valence-corrected chi connectivity index (χ3v) is 4.40. The highest BCUT2D eigenvalue weighted by molar-refractivity contribution is 5.85. The summed E-state index contributed by atoms with van der Waals surface area (Å²) in [6, 6.07) is 9.31. The lowest BCUT2D eigenvalue weighted by atomic mass is 9.78. The van der Waals surface area contributed by atoms with Crippen molar-refractivity contribution in [2.24, 2.45) is 5.92 Å². The fourth-order valence-electron chi connectivity index (χ4n) is 2.95. The molecule has 1 aliphatic heterocycles. The van der Waals surface area contributed by atoms with Crippen LogP contribution in [0.4, 0.5) is 4.79 Å². The van der Waals surface area contributed by atoms with Gasteiger partial charge in [-0.15, -0.1) is 0 Å². The van der Waals surface area contributed by atoms with E-state index in [1.54, 1.807) is 0 Å². The van der Waals surface area contributed by atoms with Gasteiger partial charge in [-0.25, -0.2) is 9.59 Å². The number of piperidine rings is 1. The second-order valence-electron chi connectivity index (χ2n) is 5.68. The van der Waals surface area contributed by atoms with E-state index in [1.807, 2.05) is 37.3 Å². The summed E-state index contributed by atoms with van der Waals surface area (Å²) in [6.45, 7) is 3.09. The lowest BCUT2D eigenvalue weighted by Crippen LogP contribution is -2.64. The van der Waals surface area contributed by atoms with E-state index in [9.17, 15) is 14.7 Å². The summed E-state index contributed by atoms with van der Waals surface area (Å²) in [4.78, 5) is 25.4. The van der Waals surface area contributed by atoms with Crippen LogP contribution in [0.5, 0.6) is 0 Å². The number of aliphatic carboxylic acids is 1. The first-order chi connectivity index (χ1) is 10.5. The monoisotopic (exact) mass is 306 g/mol. The van der Waals surface area contributed by atoms with Crippen LogP contribution in [0.25, 0.3) is 0 Å². The maximum atomic E-state index is 12.3. The predicted octanol–water partition coefficient (Wildman–Crippen LogP) is 1.71. The molecule has 0 aliphatic carbocycles. The molecule has 1 saturated heterocycles. The first kappa shape index (κ1) is 16.3. The van der Waals surface area contributed by atoms with Crippen LogP contribution in [0.3, 0.4) is 0 Å². The molecule has 2 rings (SSSR count). The Morgan fingerprint density at radius 1 is 1.41 bits per heavy atom. The molecule has 1 aliphatic rings. The Labute approximate surface area is 130 Å². The second kappa shape index (κ2) is 6.79. The van der Waals surface area contributed by atoms with Crippen molar-refractivity contribution in [1.29, 1.82) is 0 Å². The fraction of sp³-hybridized carbons (Fsp3) is 0.500. The van der Waals surface area contributed by atoms with Gasteiger partial charge in [0.2, 0.25) is 0 Å². The van der Waals surface area contributed by atoms with Crippen LogP contribution in [0, 0.1) is 5.92 Å². The molecule has 6 nitrogen and oxygen atoms in total. The van der Waals surface area contributed by atoms with Gasteiger partial charge < -0.3 is 15.2 Å². The third-order valence-electron chi connectivity index (χ3n) is 4.40. The van der Waals surface area contributed by atoms with Crippen molar-refractivity contribution in [3.63, 3.8) is 0 Å². The Balaban J connectivity index is 2.08. The zero-order valence-electron chi connectivity index (χ0n) is 12.9. The number of carbonyl (C=O) groups excluding carboxylic acids is 1. The van der Waals surface area contributed by atoms with E-state index in [0.717, 1.165) is 5.56 Å². The molecule has 2 unspecified atom stereocenters. The standard InChI is InChI=1S/C16H22N2O4/c1-12-10-17-9-8-16(12,14(19)20)18(2)15(21)22-11-13-6-4-3-5-7-13/h3-7,12,17H,8-11H2,1-2H3,(H,19,20). The van der Waals surface area contributed by atoms with Crippen LogP contribution in [0.2, 0.25) is 0 Å². The molecule has 0 bridgehead atoms. The molecule has 1 aromatic rings. The van der Waals surface area contributed by atoms with Crippen molar-refractivity contribution >= 4 is 12.1 Å². The van der Waals surface area contributed by atoms with Gasteiger partial charge in [-0.3, -0.25) is 4.90 Å². The lowest BCUT2D eigenvalue weighted by molar-refractivity contribution is -0.155. The van der Waals surface area contributed by atoms with Crippen LogP contribution in [-0.4, -0.2) is 47.7 Å². The van der Waals surface area contributed by atoms with E-state index < -0.39 is 17.6 Å².